The molecule has 128 valence electrons. The predicted octanol–water partition coefficient (Wildman–Crippen LogP) is 3.20. The van der Waals surface area contributed by atoms with E-state index >= 15 is 0 Å². The van der Waals surface area contributed by atoms with Crippen LogP contribution in [0.25, 0.3) is 0 Å². The van der Waals surface area contributed by atoms with Crippen LogP contribution in [-0.4, -0.2) is 30.6 Å². The molecule has 0 aliphatic carbocycles. The number of carbonyl (C=O) groups is 2. The predicted molar refractivity (Wildman–Crippen MR) is 89.7 cm³/mol. The van der Waals surface area contributed by atoms with Gasteiger partial charge in [-0.05, 0) is 50.3 Å². The standard InChI is InChI=1S/C18H27NO4/c1-5-13(14-6-8-15(23-4)9-7-14)12-16(20)19-11-10-18(2,3)17(21)22/h6-9,13H,5,10-12H2,1-4H3,(H,19,20)(H,21,22). The molecule has 0 fully saturated rings. The highest BCUT2D eigenvalue weighted by atomic mass is 16.5. The number of aliphatic carboxylic acids is 1. The zero-order valence-electron chi connectivity index (χ0n) is 14.4. The Morgan fingerprint density at radius 3 is 2.35 bits per heavy atom. The van der Waals surface area contributed by atoms with Crippen LogP contribution in [-0.2, 0) is 9.59 Å². The van der Waals surface area contributed by atoms with Crippen LogP contribution in [0.3, 0.4) is 0 Å². The third-order valence-corrected chi connectivity index (χ3v) is 4.16. The fourth-order valence-electron chi connectivity index (χ4n) is 2.29. The van der Waals surface area contributed by atoms with Crippen molar-refractivity contribution in [3.05, 3.63) is 29.8 Å². The summed E-state index contributed by atoms with van der Waals surface area (Å²) >= 11 is 0. The van der Waals surface area contributed by atoms with Gasteiger partial charge in [-0.3, -0.25) is 9.59 Å². The largest absolute Gasteiger partial charge is 0.497 e. The maximum absolute atomic E-state index is 12.1. The quantitative estimate of drug-likeness (QED) is 0.732. The van der Waals surface area contributed by atoms with Gasteiger partial charge in [0.15, 0.2) is 0 Å². The number of nitrogens with one attached hydrogen (secondary N) is 1. The molecule has 0 aliphatic rings. The third kappa shape index (κ3) is 5.93. The van der Waals surface area contributed by atoms with Crippen molar-refractivity contribution in [1.29, 1.82) is 0 Å². The van der Waals surface area contributed by atoms with Crippen LogP contribution >= 0.6 is 0 Å². The molecule has 1 aromatic rings. The zero-order valence-corrected chi connectivity index (χ0v) is 14.4. The molecule has 5 nitrogen and oxygen atoms in total. The number of methoxy groups -OCH3 is 1. The Morgan fingerprint density at radius 2 is 1.87 bits per heavy atom. The smallest absolute Gasteiger partial charge is 0.309 e. The van der Waals surface area contributed by atoms with Crippen molar-refractivity contribution in [3.63, 3.8) is 0 Å². The second-order valence-corrected chi connectivity index (χ2v) is 6.37. The van der Waals surface area contributed by atoms with Gasteiger partial charge in [-0.2, -0.15) is 0 Å². The minimum Gasteiger partial charge on any atom is -0.497 e. The van der Waals surface area contributed by atoms with Crippen LogP contribution in [0.4, 0.5) is 0 Å². The third-order valence-electron chi connectivity index (χ3n) is 4.16. The molecule has 0 bridgehead atoms. The van der Waals surface area contributed by atoms with Gasteiger partial charge in [-0.15, -0.1) is 0 Å². The first kappa shape index (κ1) is 19.0. The van der Waals surface area contributed by atoms with Gasteiger partial charge in [0.2, 0.25) is 5.91 Å². The van der Waals surface area contributed by atoms with E-state index in [4.69, 9.17) is 9.84 Å². The zero-order chi connectivity index (χ0) is 17.5. The molecule has 1 aromatic carbocycles. The molecule has 5 heteroatoms. The highest BCUT2D eigenvalue weighted by Gasteiger charge is 2.26. The molecule has 23 heavy (non-hydrogen) atoms. The van der Waals surface area contributed by atoms with Gasteiger partial charge in [0.25, 0.3) is 0 Å². The van der Waals surface area contributed by atoms with Gasteiger partial charge in [-0.25, -0.2) is 0 Å². The van der Waals surface area contributed by atoms with E-state index < -0.39 is 11.4 Å². The number of carboxylic acid groups (broad SMARTS) is 1. The topological polar surface area (TPSA) is 75.6 Å². The molecule has 0 aliphatic heterocycles. The van der Waals surface area contributed by atoms with Crippen molar-refractivity contribution in [2.24, 2.45) is 5.41 Å². The summed E-state index contributed by atoms with van der Waals surface area (Å²) in [6, 6.07) is 7.75. The number of carboxylic acids is 1. The molecule has 0 saturated heterocycles. The number of hydrogen-bond donors (Lipinski definition) is 2. The maximum atomic E-state index is 12.1. The molecule has 1 rings (SSSR count). The first-order valence-corrected chi connectivity index (χ1v) is 7.94. The van der Waals surface area contributed by atoms with Crippen LogP contribution in [0, 0.1) is 5.41 Å². The normalized spacial score (nSPS) is 12.5. The van der Waals surface area contributed by atoms with E-state index in [1.54, 1.807) is 21.0 Å². The average Bonchev–Trinajstić information content (AvgIpc) is 2.52. The van der Waals surface area contributed by atoms with Crippen molar-refractivity contribution < 1.29 is 19.4 Å². The molecule has 1 atom stereocenters. The first-order chi connectivity index (χ1) is 10.8. The van der Waals surface area contributed by atoms with Crippen LogP contribution in [0.1, 0.15) is 51.5 Å². The van der Waals surface area contributed by atoms with Gasteiger partial charge >= 0.3 is 5.97 Å². The molecule has 0 saturated carbocycles. The maximum Gasteiger partial charge on any atom is 0.309 e. The van der Waals surface area contributed by atoms with Gasteiger partial charge in [0.05, 0.1) is 12.5 Å². The molecular weight excluding hydrogens is 294 g/mol. The van der Waals surface area contributed by atoms with Gasteiger partial charge in [-0.1, -0.05) is 19.1 Å². The lowest BCUT2D eigenvalue weighted by Gasteiger charge is -2.20. The number of amides is 1. The number of benzene rings is 1. The fourth-order valence-corrected chi connectivity index (χ4v) is 2.29. The summed E-state index contributed by atoms with van der Waals surface area (Å²) in [4.78, 5) is 23.1. The lowest BCUT2D eigenvalue weighted by Crippen LogP contribution is -2.32. The Balaban J connectivity index is 2.51. The van der Waals surface area contributed by atoms with E-state index in [1.165, 1.54) is 0 Å². The summed E-state index contributed by atoms with van der Waals surface area (Å²) in [7, 11) is 1.62. The molecule has 0 heterocycles. The second-order valence-electron chi connectivity index (χ2n) is 6.37. The van der Waals surface area contributed by atoms with Crippen LogP contribution in [0.2, 0.25) is 0 Å². The minimum atomic E-state index is -0.851. The van der Waals surface area contributed by atoms with E-state index in [0.29, 0.717) is 19.4 Å². The summed E-state index contributed by atoms with van der Waals surface area (Å²) in [5, 5.41) is 11.9. The van der Waals surface area contributed by atoms with Gasteiger partial charge < -0.3 is 15.2 Å². The van der Waals surface area contributed by atoms with Crippen molar-refractivity contribution >= 4 is 11.9 Å². The van der Waals surface area contributed by atoms with Gasteiger partial charge in [0, 0.05) is 13.0 Å². The van der Waals surface area contributed by atoms with E-state index in [9.17, 15) is 9.59 Å². The Hall–Kier alpha value is -2.04. The SMILES string of the molecule is CCC(CC(=O)NCCC(C)(C)C(=O)O)c1ccc(OC)cc1. The lowest BCUT2D eigenvalue weighted by atomic mass is 9.89. The van der Waals surface area contributed by atoms with Crippen molar-refractivity contribution in [1.82, 2.24) is 5.32 Å². The Bertz CT molecular complexity index is 522. The van der Waals surface area contributed by atoms with E-state index in [0.717, 1.165) is 17.7 Å². The Kier molecular flexibility index (Phi) is 7.07. The van der Waals surface area contributed by atoms with E-state index in [1.807, 2.05) is 24.3 Å². The number of hydrogen-bond acceptors (Lipinski definition) is 3. The van der Waals surface area contributed by atoms with Crippen molar-refractivity contribution in [2.75, 3.05) is 13.7 Å². The summed E-state index contributed by atoms with van der Waals surface area (Å²) < 4.78 is 5.14. The Morgan fingerprint density at radius 1 is 1.26 bits per heavy atom. The molecule has 2 N–H and O–H groups in total. The average molecular weight is 321 g/mol. The summed E-state index contributed by atoms with van der Waals surface area (Å²) in [5.41, 5.74) is 0.280. The van der Waals surface area contributed by atoms with Crippen LogP contribution < -0.4 is 10.1 Å². The van der Waals surface area contributed by atoms with E-state index in [2.05, 4.69) is 12.2 Å². The lowest BCUT2D eigenvalue weighted by molar-refractivity contribution is -0.147. The van der Waals surface area contributed by atoms with Crippen molar-refractivity contribution in [2.45, 2.75) is 46.0 Å². The Labute approximate surface area is 138 Å². The minimum absolute atomic E-state index is 0.0474. The van der Waals surface area contributed by atoms with E-state index in [-0.39, 0.29) is 11.8 Å². The second kappa shape index (κ2) is 8.56. The van der Waals surface area contributed by atoms with Crippen LogP contribution in [0.15, 0.2) is 24.3 Å². The summed E-state index contributed by atoms with van der Waals surface area (Å²) in [6.45, 7) is 5.74. The highest BCUT2D eigenvalue weighted by Crippen LogP contribution is 2.25. The summed E-state index contributed by atoms with van der Waals surface area (Å²) in [5.74, 6) is 0.0441. The highest BCUT2D eigenvalue weighted by molar-refractivity contribution is 5.77. The number of carbonyl (C=O) groups excluding carboxylic acids is 1. The summed E-state index contributed by atoms with van der Waals surface area (Å²) in [6.07, 6.45) is 1.67. The number of ether oxygens (including phenoxy) is 1. The van der Waals surface area contributed by atoms with Crippen molar-refractivity contribution in [3.8, 4) is 5.75 Å². The number of rotatable bonds is 9. The first-order valence-electron chi connectivity index (χ1n) is 7.94. The molecule has 1 amide bonds. The monoisotopic (exact) mass is 321 g/mol. The molecule has 0 spiro atoms. The molecular formula is C18H27NO4. The molecule has 1 unspecified atom stereocenters. The van der Waals surface area contributed by atoms with Crippen LogP contribution in [0.5, 0.6) is 5.75 Å². The van der Waals surface area contributed by atoms with Gasteiger partial charge in [0.1, 0.15) is 5.75 Å². The molecule has 0 radical (unpaired) electrons. The fraction of sp³-hybridized carbons (Fsp3) is 0.556. The molecule has 0 aromatic heterocycles.